The number of nitrogens with one attached hydrogen (secondary N) is 1. The predicted octanol–water partition coefficient (Wildman–Crippen LogP) is 0.295. The lowest BCUT2D eigenvalue weighted by Gasteiger charge is -2.09. The van der Waals surface area contributed by atoms with E-state index in [1.807, 2.05) is 0 Å². The highest BCUT2D eigenvalue weighted by molar-refractivity contribution is 5.77. The van der Waals surface area contributed by atoms with Crippen LogP contribution < -0.4 is 10.1 Å². The van der Waals surface area contributed by atoms with Crippen LogP contribution in [-0.4, -0.2) is 41.3 Å². The van der Waals surface area contributed by atoms with E-state index in [2.05, 4.69) is 5.32 Å². The number of carbonyl (C=O) groups excluding carboxylic acids is 1. The van der Waals surface area contributed by atoms with Gasteiger partial charge >= 0.3 is 5.97 Å². The predicted molar refractivity (Wildman–Crippen MR) is 63.1 cm³/mol. The maximum atomic E-state index is 13.2. The van der Waals surface area contributed by atoms with E-state index in [9.17, 15) is 18.4 Å². The van der Waals surface area contributed by atoms with Crippen LogP contribution in [0.4, 0.5) is 8.78 Å². The number of carboxylic acid groups (broad SMARTS) is 1. The van der Waals surface area contributed by atoms with Gasteiger partial charge in [0.15, 0.2) is 24.3 Å². The molecular formula is C12H13F2NO5. The molecule has 0 radical (unpaired) electrons. The Hall–Kier alpha value is -2.22. The topological polar surface area (TPSA) is 95.9 Å². The molecule has 0 aliphatic heterocycles. The smallest absolute Gasteiger partial charge is 0.332 e. The average Bonchev–Trinajstić information content (AvgIpc) is 2.37. The summed E-state index contributed by atoms with van der Waals surface area (Å²) in [5.41, 5.74) is 0. The molecule has 0 aliphatic rings. The lowest BCUT2D eigenvalue weighted by atomic mass is 10.2. The molecule has 20 heavy (non-hydrogen) atoms. The molecule has 1 rings (SSSR count). The maximum absolute atomic E-state index is 13.2. The number of halogens is 2. The number of rotatable bonds is 7. The number of hydrogen-bond donors (Lipinski definition) is 3. The van der Waals surface area contributed by atoms with Crippen molar-refractivity contribution in [3.63, 3.8) is 0 Å². The largest absolute Gasteiger partial charge is 0.481 e. The van der Waals surface area contributed by atoms with Crippen LogP contribution >= 0.6 is 0 Å². The highest BCUT2D eigenvalue weighted by atomic mass is 19.1. The first kappa shape index (κ1) is 15.8. The Morgan fingerprint density at radius 2 is 2.05 bits per heavy atom. The zero-order valence-electron chi connectivity index (χ0n) is 10.3. The Kier molecular flexibility index (Phi) is 5.85. The first-order chi connectivity index (χ1) is 9.40. The molecule has 3 N–H and O–H groups in total. The van der Waals surface area contributed by atoms with Gasteiger partial charge in [-0.05, 0) is 12.1 Å². The summed E-state index contributed by atoms with van der Waals surface area (Å²) in [6, 6.07) is 2.65. The van der Waals surface area contributed by atoms with E-state index in [1.165, 1.54) is 0 Å². The fraction of sp³-hybridized carbons (Fsp3) is 0.333. The van der Waals surface area contributed by atoms with Crippen molar-refractivity contribution < 1.29 is 33.3 Å². The number of amides is 1. The molecule has 0 aliphatic carbocycles. The summed E-state index contributed by atoms with van der Waals surface area (Å²) in [5.74, 6) is -3.97. The van der Waals surface area contributed by atoms with Crippen molar-refractivity contribution in [2.45, 2.75) is 12.5 Å². The van der Waals surface area contributed by atoms with Crippen LogP contribution in [0.2, 0.25) is 0 Å². The Balaban J connectivity index is 2.31. The number of aliphatic hydroxyl groups is 1. The summed E-state index contributed by atoms with van der Waals surface area (Å²) in [5, 5.41) is 19.6. The van der Waals surface area contributed by atoms with Gasteiger partial charge in [-0.25, -0.2) is 13.6 Å². The molecule has 6 nitrogen and oxygen atoms in total. The van der Waals surface area contributed by atoms with Crippen LogP contribution in [0, 0.1) is 11.6 Å². The number of aliphatic carboxylic acids is 1. The molecule has 0 saturated carbocycles. The van der Waals surface area contributed by atoms with Crippen LogP contribution in [0.15, 0.2) is 18.2 Å². The third-order valence-corrected chi connectivity index (χ3v) is 2.28. The van der Waals surface area contributed by atoms with Gasteiger partial charge in [0, 0.05) is 19.0 Å². The van der Waals surface area contributed by atoms with Gasteiger partial charge in [0.2, 0.25) is 0 Å². The number of carbonyl (C=O) groups is 2. The Labute approximate surface area is 113 Å². The van der Waals surface area contributed by atoms with Crippen molar-refractivity contribution in [3.8, 4) is 5.75 Å². The van der Waals surface area contributed by atoms with E-state index >= 15 is 0 Å². The molecule has 0 spiro atoms. The van der Waals surface area contributed by atoms with Gasteiger partial charge in [-0.1, -0.05) is 0 Å². The van der Waals surface area contributed by atoms with Crippen molar-refractivity contribution in [3.05, 3.63) is 29.8 Å². The third-order valence-electron chi connectivity index (χ3n) is 2.28. The summed E-state index contributed by atoms with van der Waals surface area (Å²) in [4.78, 5) is 21.6. The molecule has 1 unspecified atom stereocenters. The summed E-state index contributed by atoms with van der Waals surface area (Å²) in [7, 11) is 0. The van der Waals surface area contributed by atoms with E-state index < -0.39 is 36.2 Å². The second kappa shape index (κ2) is 7.39. The Morgan fingerprint density at radius 1 is 1.35 bits per heavy atom. The highest BCUT2D eigenvalue weighted by Crippen LogP contribution is 2.17. The molecule has 8 heteroatoms. The molecule has 110 valence electrons. The normalized spacial score (nSPS) is 11.8. The quantitative estimate of drug-likeness (QED) is 0.671. The number of benzene rings is 1. The second-order valence-corrected chi connectivity index (χ2v) is 3.86. The van der Waals surface area contributed by atoms with E-state index in [1.54, 1.807) is 0 Å². The van der Waals surface area contributed by atoms with Crippen LogP contribution in [0.25, 0.3) is 0 Å². The molecule has 1 aromatic carbocycles. The van der Waals surface area contributed by atoms with Crippen molar-refractivity contribution in [1.82, 2.24) is 5.32 Å². The first-order valence-electron chi connectivity index (χ1n) is 5.65. The minimum Gasteiger partial charge on any atom is -0.481 e. The summed E-state index contributed by atoms with van der Waals surface area (Å²) in [6.07, 6.45) is -1.72. The van der Waals surface area contributed by atoms with E-state index in [0.29, 0.717) is 6.07 Å². The van der Waals surface area contributed by atoms with Gasteiger partial charge in [0.05, 0.1) is 0 Å². The fourth-order valence-corrected chi connectivity index (χ4v) is 1.26. The minimum absolute atomic E-state index is 0.0679. The summed E-state index contributed by atoms with van der Waals surface area (Å²) < 4.78 is 30.6. The molecule has 0 fully saturated rings. The van der Waals surface area contributed by atoms with Gasteiger partial charge in [-0.2, -0.15) is 0 Å². The van der Waals surface area contributed by atoms with Gasteiger partial charge in [0.25, 0.3) is 5.91 Å². The SMILES string of the molecule is O=C(COc1ccc(F)cc1F)NCCC(O)C(=O)O. The molecule has 0 aromatic heterocycles. The third kappa shape index (κ3) is 5.19. The molecule has 1 atom stereocenters. The molecule has 1 amide bonds. The lowest BCUT2D eigenvalue weighted by molar-refractivity contribution is -0.147. The average molecular weight is 289 g/mol. The van der Waals surface area contributed by atoms with Gasteiger partial charge in [0.1, 0.15) is 5.82 Å². The minimum atomic E-state index is -1.56. The van der Waals surface area contributed by atoms with Crippen LogP contribution in [0.3, 0.4) is 0 Å². The van der Waals surface area contributed by atoms with Gasteiger partial charge in [-0.3, -0.25) is 4.79 Å². The zero-order valence-corrected chi connectivity index (χ0v) is 10.3. The second-order valence-electron chi connectivity index (χ2n) is 3.86. The number of carboxylic acids is 1. The van der Waals surface area contributed by atoms with Gasteiger partial charge in [-0.15, -0.1) is 0 Å². The number of hydrogen-bond acceptors (Lipinski definition) is 4. The highest BCUT2D eigenvalue weighted by Gasteiger charge is 2.13. The lowest BCUT2D eigenvalue weighted by Crippen LogP contribution is -2.33. The number of aliphatic hydroxyl groups excluding tert-OH is 1. The first-order valence-corrected chi connectivity index (χ1v) is 5.65. The monoisotopic (exact) mass is 289 g/mol. The van der Waals surface area contributed by atoms with Crippen molar-refractivity contribution >= 4 is 11.9 Å². The van der Waals surface area contributed by atoms with Crippen molar-refractivity contribution in [2.75, 3.05) is 13.2 Å². The molecule has 1 aromatic rings. The standard InChI is InChI=1S/C12H13F2NO5/c13-7-1-2-10(8(14)5-7)20-6-11(17)15-4-3-9(16)12(18)19/h1-2,5,9,16H,3-4,6H2,(H,15,17)(H,18,19). The van der Waals surface area contributed by atoms with Crippen molar-refractivity contribution in [1.29, 1.82) is 0 Å². The van der Waals surface area contributed by atoms with Crippen LogP contribution in [0.5, 0.6) is 5.75 Å². The maximum Gasteiger partial charge on any atom is 0.332 e. The summed E-state index contributed by atoms with van der Waals surface area (Å²) in [6.45, 7) is -0.576. The van der Waals surface area contributed by atoms with Crippen LogP contribution in [-0.2, 0) is 9.59 Å². The molecule has 0 saturated heterocycles. The Morgan fingerprint density at radius 3 is 2.65 bits per heavy atom. The van der Waals surface area contributed by atoms with Gasteiger partial charge < -0.3 is 20.3 Å². The molecule has 0 bridgehead atoms. The summed E-state index contributed by atoms with van der Waals surface area (Å²) >= 11 is 0. The zero-order chi connectivity index (χ0) is 15.1. The number of ether oxygens (including phenoxy) is 1. The van der Waals surface area contributed by atoms with E-state index in [0.717, 1.165) is 12.1 Å². The molecule has 0 heterocycles. The van der Waals surface area contributed by atoms with Crippen LogP contribution in [0.1, 0.15) is 6.42 Å². The van der Waals surface area contributed by atoms with Crippen molar-refractivity contribution in [2.24, 2.45) is 0 Å². The molecular weight excluding hydrogens is 276 g/mol. The van der Waals surface area contributed by atoms with E-state index in [4.69, 9.17) is 14.9 Å². The Bertz CT molecular complexity index is 495. The van der Waals surface area contributed by atoms with E-state index in [-0.39, 0.29) is 18.7 Å². The fourth-order valence-electron chi connectivity index (χ4n) is 1.26.